The molecule has 0 atom stereocenters. The first kappa shape index (κ1) is 12.6. The molecule has 0 fully saturated rings. The molecule has 0 unspecified atom stereocenters. The quantitative estimate of drug-likeness (QED) is 0.764. The number of Topliss-reactive ketones (excluding diaryl/α,β-unsaturated/α-hetero) is 1. The molecule has 16 heavy (non-hydrogen) atoms. The molecule has 0 bridgehead atoms. The van der Waals surface area contributed by atoms with Crippen LogP contribution in [0.25, 0.3) is 0 Å². The Labute approximate surface area is 97.0 Å². The topological polar surface area (TPSA) is 29.5 Å². The van der Waals surface area contributed by atoms with Gasteiger partial charge in [-0.3, -0.25) is 4.79 Å². The zero-order chi connectivity index (χ0) is 12.1. The van der Waals surface area contributed by atoms with Crippen LogP contribution >= 0.6 is 0 Å². The Kier molecular flexibility index (Phi) is 4.35. The molecule has 0 saturated heterocycles. The molecule has 0 aliphatic heterocycles. The lowest BCUT2D eigenvalue weighted by Gasteiger charge is -2.19. The van der Waals surface area contributed by atoms with E-state index in [0.717, 1.165) is 23.5 Å². The van der Waals surface area contributed by atoms with Gasteiger partial charge in [-0.05, 0) is 37.6 Å². The van der Waals surface area contributed by atoms with Crippen molar-refractivity contribution < 1.29 is 9.53 Å². The molecule has 0 heterocycles. The minimum absolute atomic E-state index is 0.220. The lowest BCUT2D eigenvalue weighted by Crippen LogP contribution is -2.20. The second kappa shape index (κ2) is 5.54. The zero-order valence-electron chi connectivity index (χ0n) is 10.4. The number of anilines is 1. The first-order valence-electron chi connectivity index (χ1n) is 5.40. The van der Waals surface area contributed by atoms with Crippen LogP contribution in [0.4, 0.5) is 5.69 Å². The minimum Gasteiger partial charge on any atom is -0.496 e. The van der Waals surface area contributed by atoms with Gasteiger partial charge in [0, 0.05) is 25.7 Å². The Morgan fingerprint density at radius 3 is 2.62 bits per heavy atom. The Balaban J connectivity index is 2.72. The number of ketones is 1. The van der Waals surface area contributed by atoms with Crippen LogP contribution in [0.15, 0.2) is 18.2 Å². The number of nitrogens with zero attached hydrogens (tertiary/aromatic N) is 1. The highest BCUT2D eigenvalue weighted by Crippen LogP contribution is 2.23. The Morgan fingerprint density at radius 2 is 2.12 bits per heavy atom. The van der Waals surface area contributed by atoms with E-state index in [-0.39, 0.29) is 5.78 Å². The monoisotopic (exact) mass is 221 g/mol. The molecule has 0 N–H and O–H groups in total. The second-order valence-corrected chi connectivity index (χ2v) is 4.03. The highest BCUT2D eigenvalue weighted by Gasteiger charge is 2.05. The summed E-state index contributed by atoms with van der Waals surface area (Å²) in [5.41, 5.74) is 2.22. The van der Waals surface area contributed by atoms with Gasteiger partial charge in [0.1, 0.15) is 11.5 Å². The number of carbonyl (C=O) groups excluding carboxylic acids is 1. The van der Waals surface area contributed by atoms with Crippen LogP contribution in [0.3, 0.4) is 0 Å². The van der Waals surface area contributed by atoms with Crippen LogP contribution in [0.5, 0.6) is 5.75 Å². The van der Waals surface area contributed by atoms with E-state index in [9.17, 15) is 4.79 Å². The summed E-state index contributed by atoms with van der Waals surface area (Å²) in [5, 5.41) is 0. The highest BCUT2D eigenvalue weighted by atomic mass is 16.5. The van der Waals surface area contributed by atoms with Gasteiger partial charge in [0.05, 0.1) is 7.11 Å². The van der Waals surface area contributed by atoms with Gasteiger partial charge in [-0.2, -0.15) is 0 Å². The van der Waals surface area contributed by atoms with Crippen molar-refractivity contribution >= 4 is 11.5 Å². The maximum Gasteiger partial charge on any atom is 0.131 e. The number of aryl methyl sites for hydroxylation is 1. The largest absolute Gasteiger partial charge is 0.496 e. The fourth-order valence-corrected chi connectivity index (χ4v) is 1.55. The summed E-state index contributed by atoms with van der Waals surface area (Å²) in [4.78, 5) is 13.0. The SMILES string of the molecule is COc1ccc(N(C)CCC(C)=O)cc1C. The molecule has 0 radical (unpaired) electrons. The van der Waals surface area contributed by atoms with Crippen molar-refractivity contribution in [3.63, 3.8) is 0 Å². The van der Waals surface area contributed by atoms with E-state index in [0.29, 0.717) is 6.42 Å². The van der Waals surface area contributed by atoms with Gasteiger partial charge in [-0.1, -0.05) is 0 Å². The number of hydrogen-bond donors (Lipinski definition) is 0. The van der Waals surface area contributed by atoms with Crippen LogP contribution in [-0.4, -0.2) is 26.5 Å². The highest BCUT2D eigenvalue weighted by molar-refractivity contribution is 5.76. The number of benzene rings is 1. The van der Waals surface area contributed by atoms with Crippen molar-refractivity contribution in [3.8, 4) is 5.75 Å². The van der Waals surface area contributed by atoms with Crippen LogP contribution in [-0.2, 0) is 4.79 Å². The third-order valence-electron chi connectivity index (χ3n) is 2.62. The Morgan fingerprint density at radius 1 is 1.44 bits per heavy atom. The third kappa shape index (κ3) is 3.26. The molecule has 0 spiro atoms. The predicted molar refractivity (Wildman–Crippen MR) is 66.3 cm³/mol. The van der Waals surface area contributed by atoms with Gasteiger partial charge in [-0.25, -0.2) is 0 Å². The lowest BCUT2D eigenvalue weighted by atomic mass is 10.2. The van der Waals surface area contributed by atoms with Crippen molar-refractivity contribution in [1.29, 1.82) is 0 Å². The summed E-state index contributed by atoms with van der Waals surface area (Å²) < 4.78 is 5.21. The average molecular weight is 221 g/mol. The second-order valence-electron chi connectivity index (χ2n) is 4.03. The van der Waals surface area contributed by atoms with Crippen molar-refractivity contribution in [2.45, 2.75) is 20.3 Å². The van der Waals surface area contributed by atoms with Gasteiger partial charge in [0.2, 0.25) is 0 Å². The smallest absolute Gasteiger partial charge is 0.131 e. The molecule has 88 valence electrons. The molecule has 3 heteroatoms. The number of hydrogen-bond acceptors (Lipinski definition) is 3. The minimum atomic E-state index is 0.220. The molecule has 1 aromatic rings. The molecule has 0 aliphatic carbocycles. The van der Waals surface area contributed by atoms with E-state index in [1.165, 1.54) is 0 Å². The fraction of sp³-hybridized carbons (Fsp3) is 0.462. The number of rotatable bonds is 5. The van der Waals surface area contributed by atoms with Gasteiger partial charge >= 0.3 is 0 Å². The lowest BCUT2D eigenvalue weighted by molar-refractivity contribution is -0.116. The number of ether oxygens (including phenoxy) is 1. The molecule has 0 saturated carbocycles. The molecule has 0 aromatic heterocycles. The third-order valence-corrected chi connectivity index (χ3v) is 2.62. The van der Waals surface area contributed by atoms with Crippen LogP contribution in [0.1, 0.15) is 18.9 Å². The van der Waals surface area contributed by atoms with Crippen LogP contribution < -0.4 is 9.64 Å². The molecule has 3 nitrogen and oxygen atoms in total. The molecular weight excluding hydrogens is 202 g/mol. The Bertz CT molecular complexity index is 374. The van der Waals surface area contributed by atoms with E-state index in [1.54, 1.807) is 14.0 Å². The molecule has 0 amide bonds. The summed E-state index contributed by atoms with van der Waals surface area (Å²) in [6.07, 6.45) is 0.585. The first-order chi connectivity index (χ1) is 7.54. The molecule has 1 rings (SSSR count). The zero-order valence-corrected chi connectivity index (χ0v) is 10.4. The van der Waals surface area contributed by atoms with E-state index in [2.05, 4.69) is 11.0 Å². The maximum atomic E-state index is 10.9. The van der Waals surface area contributed by atoms with Crippen molar-refractivity contribution in [2.75, 3.05) is 25.6 Å². The van der Waals surface area contributed by atoms with Crippen molar-refractivity contribution in [3.05, 3.63) is 23.8 Å². The summed E-state index contributed by atoms with van der Waals surface area (Å²) in [7, 11) is 3.66. The molecular formula is C13H19NO2. The number of carbonyl (C=O) groups is 1. The van der Waals surface area contributed by atoms with E-state index in [4.69, 9.17) is 4.74 Å². The van der Waals surface area contributed by atoms with Crippen LogP contribution in [0.2, 0.25) is 0 Å². The van der Waals surface area contributed by atoms with Gasteiger partial charge in [0.15, 0.2) is 0 Å². The van der Waals surface area contributed by atoms with Crippen molar-refractivity contribution in [2.24, 2.45) is 0 Å². The standard InChI is InChI=1S/C13H19NO2/c1-10-9-12(5-6-13(10)16-4)14(3)8-7-11(2)15/h5-6,9H,7-8H2,1-4H3. The van der Waals surface area contributed by atoms with Gasteiger partial charge in [-0.15, -0.1) is 0 Å². The van der Waals surface area contributed by atoms with Gasteiger partial charge in [0.25, 0.3) is 0 Å². The molecule has 0 aliphatic rings. The fourth-order valence-electron chi connectivity index (χ4n) is 1.55. The predicted octanol–water partition coefficient (Wildman–Crippen LogP) is 2.42. The van der Waals surface area contributed by atoms with E-state index < -0.39 is 0 Å². The van der Waals surface area contributed by atoms with Crippen LogP contribution in [0, 0.1) is 6.92 Å². The van der Waals surface area contributed by atoms with Gasteiger partial charge < -0.3 is 9.64 Å². The van der Waals surface area contributed by atoms with Crippen molar-refractivity contribution in [1.82, 2.24) is 0 Å². The summed E-state index contributed by atoms with van der Waals surface area (Å²) in [6, 6.07) is 6.03. The first-order valence-corrected chi connectivity index (χ1v) is 5.40. The maximum absolute atomic E-state index is 10.9. The number of methoxy groups -OCH3 is 1. The van der Waals surface area contributed by atoms with E-state index >= 15 is 0 Å². The van der Waals surface area contributed by atoms with E-state index in [1.807, 2.05) is 26.1 Å². The summed E-state index contributed by atoms with van der Waals surface area (Å²) >= 11 is 0. The average Bonchev–Trinajstić information content (AvgIpc) is 2.25. The molecule has 1 aromatic carbocycles. The summed E-state index contributed by atoms with van der Waals surface area (Å²) in [6.45, 7) is 4.38. The normalized spacial score (nSPS) is 10.0. The summed E-state index contributed by atoms with van der Waals surface area (Å²) in [5.74, 6) is 1.11. The Hall–Kier alpha value is -1.51.